The van der Waals surface area contributed by atoms with Gasteiger partial charge in [-0.1, -0.05) is 42.5 Å². The van der Waals surface area contributed by atoms with Gasteiger partial charge in [0, 0.05) is 44.3 Å². The third-order valence-electron chi connectivity index (χ3n) is 4.68. The third-order valence-corrected chi connectivity index (χ3v) is 4.68. The summed E-state index contributed by atoms with van der Waals surface area (Å²) in [5.74, 6) is 0.140. The van der Waals surface area contributed by atoms with Crippen LogP contribution >= 0.6 is 0 Å². The molecule has 1 saturated heterocycles. The Kier molecular flexibility index (Phi) is 5.84. The molecule has 1 amide bonds. The second kappa shape index (κ2) is 8.28. The zero-order valence-corrected chi connectivity index (χ0v) is 15.1. The number of amides is 1. The van der Waals surface area contributed by atoms with Crippen molar-refractivity contribution in [1.29, 1.82) is 0 Å². The summed E-state index contributed by atoms with van der Waals surface area (Å²) in [5, 5.41) is 3.33. The van der Waals surface area contributed by atoms with Gasteiger partial charge in [0.15, 0.2) is 0 Å². The topological polar surface area (TPSA) is 35.6 Å². The number of hydrogen-bond donors (Lipinski definition) is 1. The third kappa shape index (κ3) is 4.68. The molecule has 1 atom stereocenters. The monoisotopic (exact) mass is 337 g/mol. The highest BCUT2D eigenvalue weighted by molar-refractivity contribution is 5.94. The van der Waals surface area contributed by atoms with Crippen LogP contribution in [0.15, 0.2) is 54.6 Å². The van der Waals surface area contributed by atoms with Crippen molar-refractivity contribution in [3.63, 3.8) is 0 Å². The average molecular weight is 337 g/mol. The van der Waals surface area contributed by atoms with Crippen molar-refractivity contribution in [3.05, 3.63) is 71.3 Å². The Labute approximate surface area is 150 Å². The smallest absolute Gasteiger partial charge is 0.254 e. The van der Waals surface area contributed by atoms with E-state index in [0.29, 0.717) is 0 Å². The van der Waals surface area contributed by atoms with Crippen LogP contribution in [0, 0.1) is 0 Å². The first-order valence-electron chi connectivity index (χ1n) is 8.96. The SMILES string of the molecule is C[C@@H]1CNCCN1C(=O)c1cccc(CN(C)Cc2ccccc2)c1. The maximum absolute atomic E-state index is 12.8. The van der Waals surface area contributed by atoms with Gasteiger partial charge in [0.25, 0.3) is 5.91 Å². The van der Waals surface area contributed by atoms with Crippen LogP contribution in [0.1, 0.15) is 28.4 Å². The number of nitrogens with one attached hydrogen (secondary N) is 1. The summed E-state index contributed by atoms with van der Waals surface area (Å²) in [6.45, 7) is 6.33. The van der Waals surface area contributed by atoms with Crippen LogP contribution in [0.25, 0.3) is 0 Å². The summed E-state index contributed by atoms with van der Waals surface area (Å²) in [6, 6.07) is 18.8. The van der Waals surface area contributed by atoms with Crippen LogP contribution in [0.5, 0.6) is 0 Å². The lowest BCUT2D eigenvalue weighted by Gasteiger charge is -2.34. The fourth-order valence-electron chi connectivity index (χ4n) is 3.37. The lowest BCUT2D eigenvalue weighted by atomic mass is 10.1. The first kappa shape index (κ1) is 17.6. The fraction of sp³-hybridized carbons (Fsp3) is 0.381. The van der Waals surface area contributed by atoms with Gasteiger partial charge >= 0.3 is 0 Å². The Morgan fingerprint density at radius 3 is 2.60 bits per heavy atom. The van der Waals surface area contributed by atoms with E-state index in [1.165, 1.54) is 11.1 Å². The minimum absolute atomic E-state index is 0.140. The summed E-state index contributed by atoms with van der Waals surface area (Å²) < 4.78 is 0. The van der Waals surface area contributed by atoms with Crippen LogP contribution in [-0.2, 0) is 13.1 Å². The van der Waals surface area contributed by atoms with Crippen LogP contribution in [0.2, 0.25) is 0 Å². The first-order valence-corrected chi connectivity index (χ1v) is 8.96. The predicted octanol–water partition coefficient (Wildman–Crippen LogP) is 2.75. The Bertz CT molecular complexity index is 701. The van der Waals surface area contributed by atoms with Gasteiger partial charge in [0.2, 0.25) is 0 Å². The van der Waals surface area contributed by atoms with Gasteiger partial charge in [0.05, 0.1) is 0 Å². The summed E-state index contributed by atoms with van der Waals surface area (Å²) in [5.41, 5.74) is 3.26. The van der Waals surface area contributed by atoms with E-state index in [-0.39, 0.29) is 11.9 Å². The van der Waals surface area contributed by atoms with Gasteiger partial charge in [-0.3, -0.25) is 9.69 Å². The van der Waals surface area contributed by atoms with E-state index in [9.17, 15) is 4.79 Å². The van der Waals surface area contributed by atoms with E-state index in [4.69, 9.17) is 0 Å². The number of carbonyl (C=O) groups is 1. The maximum atomic E-state index is 12.8. The molecule has 3 rings (SSSR count). The molecule has 0 radical (unpaired) electrons. The van der Waals surface area contributed by atoms with Crippen molar-refractivity contribution in [2.45, 2.75) is 26.1 Å². The summed E-state index contributed by atoms with van der Waals surface area (Å²) >= 11 is 0. The molecule has 4 nitrogen and oxygen atoms in total. The molecule has 1 fully saturated rings. The highest BCUT2D eigenvalue weighted by Crippen LogP contribution is 2.14. The molecule has 0 aromatic heterocycles. The van der Waals surface area contributed by atoms with Crippen molar-refractivity contribution in [3.8, 4) is 0 Å². The van der Waals surface area contributed by atoms with Crippen molar-refractivity contribution >= 4 is 5.91 Å². The molecule has 2 aromatic rings. The van der Waals surface area contributed by atoms with Crippen molar-refractivity contribution in [2.75, 3.05) is 26.7 Å². The van der Waals surface area contributed by atoms with Crippen LogP contribution in [0.3, 0.4) is 0 Å². The molecule has 0 aliphatic carbocycles. The average Bonchev–Trinajstić information content (AvgIpc) is 2.62. The first-order chi connectivity index (χ1) is 12.1. The molecule has 0 saturated carbocycles. The highest BCUT2D eigenvalue weighted by atomic mass is 16.2. The van der Waals surface area contributed by atoms with Crippen molar-refractivity contribution in [1.82, 2.24) is 15.1 Å². The van der Waals surface area contributed by atoms with E-state index in [1.54, 1.807) is 0 Å². The Balaban J connectivity index is 1.65. The van der Waals surface area contributed by atoms with Crippen LogP contribution in [-0.4, -0.2) is 48.4 Å². The van der Waals surface area contributed by atoms with E-state index < -0.39 is 0 Å². The standard InChI is InChI=1S/C21H27N3O/c1-17-14-22-11-12-24(17)21(25)20-10-6-9-19(13-20)16-23(2)15-18-7-4-3-5-8-18/h3-10,13,17,22H,11-12,14-16H2,1-2H3/t17-/m1/s1. The molecule has 1 N–H and O–H groups in total. The van der Waals surface area contributed by atoms with Gasteiger partial charge in [0.1, 0.15) is 0 Å². The summed E-state index contributed by atoms with van der Waals surface area (Å²) in [6.07, 6.45) is 0. The number of benzene rings is 2. The van der Waals surface area contributed by atoms with Gasteiger partial charge in [-0.15, -0.1) is 0 Å². The maximum Gasteiger partial charge on any atom is 0.254 e. The molecular formula is C21H27N3O. The second-order valence-electron chi connectivity index (χ2n) is 6.91. The van der Waals surface area contributed by atoms with Crippen molar-refractivity contribution < 1.29 is 4.79 Å². The van der Waals surface area contributed by atoms with Gasteiger partial charge < -0.3 is 10.2 Å². The van der Waals surface area contributed by atoms with Crippen LogP contribution in [0.4, 0.5) is 0 Å². The molecule has 0 spiro atoms. The number of nitrogens with zero attached hydrogens (tertiary/aromatic N) is 2. The molecular weight excluding hydrogens is 310 g/mol. The molecule has 1 aliphatic rings. The zero-order valence-electron chi connectivity index (χ0n) is 15.1. The molecule has 1 aliphatic heterocycles. The lowest BCUT2D eigenvalue weighted by Crippen LogP contribution is -2.52. The molecule has 4 heteroatoms. The Morgan fingerprint density at radius 1 is 1.12 bits per heavy atom. The van der Waals surface area contributed by atoms with E-state index in [0.717, 1.165) is 38.3 Å². The molecule has 0 unspecified atom stereocenters. The quantitative estimate of drug-likeness (QED) is 0.911. The largest absolute Gasteiger partial charge is 0.333 e. The molecule has 25 heavy (non-hydrogen) atoms. The molecule has 2 aromatic carbocycles. The van der Waals surface area contributed by atoms with Gasteiger partial charge in [-0.05, 0) is 37.2 Å². The number of piperazine rings is 1. The lowest BCUT2D eigenvalue weighted by molar-refractivity contribution is 0.0655. The fourth-order valence-corrected chi connectivity index (χ4v) is 3.37. The second-order valence-corrected chi connectivity index (χ2v) is 6.91. The summed E-state index contributed by atoms with van der Waals surface area (Å²) in [7, 11) is 2.11. The summed E-state index contributed by atoms with van der Waals surface area (Å²) in [4.78, 5) is 17.1. The molecule has 1 heterocycles. The Hall–Kier alpha value is -2.17. The highest BCUT2D eigenvalue weighted by Gasteiger charge is 2.24. The van der Waals surface area contributed by atoms with Crippen molar-refractivity contribution in [2.24, 2.45) is 0 Å². The molecule has 132 valence electrons. The van der Waals surface area contributed by atoms with Gasteiger partial charge in [-0.25, -0.2) is 0 Å². The number of carbonyl (C=O) groups excluding carboxylic acids is 1. The minimum atomic E-state index is 0.140. The van der Waals surface area contributed by atoms with Crippen LogP contribution < -0.4 is 5.32 Å². The minimum Gasteiger partial charge on any atom is -0.333 e. The molecule has 0 bridgehead atoms. The number of rotatable bonds is 5. The number of hydrogen-bond acceptors (Lipinski definition) is 3. The normalized spacial score (nSPS) is 17.7. The van der Waals surface area contributed by atoms with E-state index >= 15 is 0 Å². The van der Waals surface area contributed by atoms with E-state index in [1.807, 2.05) is 29.2 Å². The van der Waals surface area contributed by atoms with E-state index in [2.05, 4.69) is 54.5 Å². The van der Waals surface area contributed by atoms with Gasteiger partial charge in [-0.2, -0.15) is 0 Å². The Morgan fingerprint density at radius 2 is 1.84 bits per heavy atom. The zero-order chi connectivity index (χ0) is 17.6. The predicted molar refractivity (Wildman–Crippen MR) is 101 cm³/mol.